The van der Waals surface area contributed by atoms with Crippen molar-refractivity contribution in [3.8, 4) is 0 Å². The first-order valence-corrected chi connectivity index (χ1v) is 40.5. The minimum absolute atomic E-state index is 0.106. The molecule has 19 heteroatoms. The van der Waals surface area contributed by atoms with Gasteiger partial charge < -0.3 is 33.8 Å². The minimum Gasteiger partial charge on any atom is -0.462 e. The average molecular weight is 1340 g/mol. The molecule has 0 aromatic rings. The van der Waals surface area contributed by atoms with Gasteiger partial charge in [-0.05, 0) is 37.5 Å². The third-order valence-electron chi connectivity index (χ3n) is 16.7. The standard InChI is InChI=1S/C72H140O17P2/c1-7-9-11-13-15-17-19-21-22-23-24-28-33-37-45-51-57-72(77)88-67(60-82-69(74)54-48-42-35-31-29-25-26-30-34-40-46-52-64(3)4)62-86-90(78,79)84-58-66(73)59-85-91(80,81)87-63-68(61-83-70(75)55-49-43-39-38-41-47-53-65(5)6)89-71(76)56-50-44-36-32-27-20-18-16-14-12-10-8-2/h64-68,73H,7-63H2,1-6H3,(H,78,79)(H,80,81)/t66-,67-,68-/m1/s1. The number of aliphatic hydroxyl groups is 1. The third-order valence-corrected chi connectivity index (χ3v) is 18.6. The van der Waals surface area contributed by atoms with Crippen molar-refractivity contribution in [3.05, 3.63) is 0 Å². The van der Waals surface area contributed by atoms with Crippen molar-refractivity contribution in [1.29, 1.82) is 0 Å². The normalized spacial score (nSPS) is 14.1. The van der Waals surface area contributed by atoms with Crippen LogP contribution in [0.25, 0.3) is 0 Å². The van der Waals surface area contributed by atoms with E-state index in [1.165, 1.54) is 180 Å². The van der Waals surface area contributed by atoms with Crippen molar-refractivity contribution in [2.75, 3.05) is 39.6 Å². The number of rotatable bonds is 71. The van der Waals surface area contributed by atoms with E-state index in [-0.39, 0.29) is 25.7 Å². The summed E-state index contributed by atoms with van der Waals surface area (Å²) in [5.41, 5.74) is 0. The number of esters is 4. The van der Waals surface area contributed by atoms with Crippen molar-refractivity contribution in [1.82, 2.24) is 0 Å². The number of unbranched alkanes of at least 4 members (excludes halogenated alkanes) is 41. The molecule has 0 aromatic heterocycles. The third kappa shape index (κ3) is 66.5. The molecule has 0 fully saturated rings. The maximum atomic E-state index is 13.0. The van der Waals surface area contributed by atoms with E-state index >= 15 is 0 Å². The molecule has 5 atom stereocenters. The topological polar surface area (TPSA) is 237 Å². The molecule has 0 bridgehead atoms. The van der Waals surface area contributed by atoms with Gasteiger partial charge in [0.15, 0.2) is 12.2 Å². The van der Waals surface area contributed by atoms with Crippen molar-refractivity contribution in [2.45, 2.75) is 387 Å². The fourth-order valence-corrected chi connectivity index (χ4v) is 12.5. The summed E-state index contributed by atoms with van der Waals surface area (Å²) < 4.78 is 68.3. The molecule has 0 aliphatic carbocycles. The van der Waals surface area contributed by atoms with Crippen molar-refractivity contribution in [2.24, 2.45) is 11.8 Å². The van der Waals surface area contributed by atoms with E-state index in [0.29, 0.717) is 31.6 Å². The van der Waals surface area contributed by atoms with E-state index < -0.39 is 97.5 Å². The van der Waals surface area contributed by atoms with Gasteiger partial charge >= 0.3 is 39.5 Å². The molecule has 0 aromatic carbocycles. The van der Waals surface area contributed by atoms with Gasteiger partial charge in [-0.25, -0.2) is 9.13 Å². The Balaban J connectivity index is 5.24. The second kappa shape index (κ2) is 64.1. The van der Waals surface area contributed by atoms with Crippen LogP contribution in [0.2, 0.25) is 0 Å². The summed E-state index contributed by atoms with van der Waals surface area (Å²) >= 11 is 0. The summed E-state index contributed by atoms with van der Waals surface area (Å²) in [6.07, 6.45) is 50.0. The Hall–Kier alpha value is -1.94. The first-order chi connectivity index (χ1) is 43.9. The molecule has 0 saturated heterocycles. The predicted octanol–water partition coefficient (Wildman–Crippen LogP) is 20.8. The number of hydrogen-bond donors (Lipinski definition) is 3. The lowest BCUT2D eigenvalue weighted by atomic mass is 10.0. The lowest BCUT2D eigenvalue weighted by molar-refractivity contribution is -0.161. The highest BCUT2D eigenvalue weighted by atomic mass is 31.2. The van der Waals surface area contributed by atoms with Gasteiger partial charge in [0.05, 0.1) is 26.4 Å². The van der Waals surface area contributed by atoms with Crippen molar-refractivity contribution >= 4 is 39.5 Å². The van der Waals surface area contributed by atoms with E-state index in [4.69, 9.17) is 37.0 Å². The molecule has 0 aliphatic heterocycles. The van der Waals surface area contributed by atoms with Crippen LogP contribution < -0.4 is 0 Å². The Morgan fingerprint density at radius 1 is 0.297 bits per heavy atom. The van der Waals surface area contributed by atoms with Gasteiger partial charge in [0, 0.05) is 25.7 Å². The summed E-state index contributed by atoms with van der Waals surface area (Å²) in [5, 5.41) is 10.6. The molecule has 0 heterocycles. The molecule has 0 rings (SSSR count). The summed E-state index contributed by atoms with van der Waals surface area (Å²) in [6, 6.07) is 0. The molecule has 0 amide bonds. The maximum Gasteiger partial charge on any atom is 0.472 e. The highest BCUT2D eigenvalue weighted by molar-refractivity contribution is 7.47. The Morgan fingerprint density at radius 3 is 0.747 bits per heavy atom. The van der Waals surface area contributed by atoms with E-state index in [1.54, 1.807) is 0 Å². The van der Waals surface area contributed by atoms with Crippen LogP contribution in [0.1, 0.15) is 369 Å². The molecule has 2 unspecified atom stereocenters. The van der Waals surface area contributed by atoms with E-state index in [2.05, 4.69) is 41.5 Å². The predicted molar refractivity (Wildman–Crippen MR) is 368 cm³/mol. The second-order valence-electron chi connectivity index (χ2n) is 26.9. The highest BCUT2D eigenvalue weighted by Crippen LogP contribution is 2.45. The zero-order valence-electron chi connectivity index (χ0n) is 59.1. The molecule has 91 heavy (non-hydrogen) atoms. The highest BCUT2D eigenvalue weighted by Gasteiger charge is 2.30. The quantitative estimate of drug-likeness (QED) is 0.0222. The van der Waals surface area contributed by atoms with Crippen LogP contribution in [0.3, 0.4) is 0 Å². The number of carbonyl (C=O) groups is 4. The Bertz CT molecular complexity index is 1770. The summed E-state index contributed by atoms with van der Waals surface area (Å²) in [7, 11) is -9.90. The number of carbonyl (C=O) groups excluding carboxylic acids is 4. The average Bonchev–Trinajstić information content (AvgIpc) is 3.62. The Morgan fingerprint density at radius 2 is 0.505 bits per heavy atom. The molecule has 17 nitrogen and oxygen atoms in total. The van der Waals surface area contributed by atoms with Crippen LogP contribution in [0.15, 0.2) is 0 Å². The van der Waals surface area contributed by atoms with Crippen LogP contribution in [0, 0.1) is 11.8 Å². The number of phosphoric ester groups is 2. The number of aliphatic hydroxyl groups excluding tert-OH is 1. The van der Waals surface area contributed by atoms with Crippen LogP contribution in [0.4, 0.5) is 0 Å². The molecule has 0 spiro atoms. The lowest BCUT2D eigenvalue weighted by Crippen LogP contribution is -2.30. The summed E-state index contributed by atoms with van der Waals surface area (Å²) in [5.74, 6) is -0.670. The molecular formula is C72H140O17P2. The minimum atomic E-state index is -4.95. The van der Waals surface area contributed by atoms with Gasteiger partial charge in [-0.3, -0.25) is 37.3 Å². The second-order valence-corrected chi connectivity index (χ2v) is 29.8. The van der Waals surface area contributed by atoms with Crippen LogP contribution in [0.5, 0.6) is 0 Å². The van der Waals surface area contributed by atoms with Gasteiger partial charge in [0.1, 0.15) is 19.3 Å². The van der Waals surface area contributed by atoms with Gasteiger partial charge in [0.2, 0.25) is 0 Å². The molecular weight excluding hydrogens is 1200 g/mol. The van der Waals surface area contributed by atoms with E-state index in [0.717, 1.165) is 102 Å². The molecule has 0 radical (unpaired) electrons. The van der Waals surface area contributed by atoms with Gasteiger partial charge in [-0.15, -0.1) is 0 Å². The lowest BCUT2D eigenvalue weighted by Gasteiger charge is -2.21. The largest absolute Gasteiger partial charge is 0.472 e. The van der Waals surface area contributed by atoms with Gasteiger partial charge in [0.25, 0.3) is 0 Å². The zero-order chi connectivity index (χ0) is 67.2. The van der Waals surface area contributed by atoms with Crippen LogP contribution >= 0.6 is 15.6 Å². The Kier molecular flexibility index (Phi) is 62.7. The van der Waals surface area contributed by atoms with Crippen molar-refractivity contribution < 1.29 is 80.2 Å². The van der Waals surface area contributed by atoms with Crippen LogP contribution in [-0.4, -0.2) is 96.7 Å². The van der Waals surface area contributed by atoms with E-state index in [1.807, 2.05) is 0 Å². The fraction of sp³-hybridized carbons (Fsp3) is 0.944. The molecule has 0 saturated carbocycles. The number of hydrogen-bond acceptors (Lipinski definition) is 15. The molecule has 3 N–H and O–H groups in total. The smallest absolute Gasteiger partial charge is 0.462 e. The molecule has 540 valence electrons. The maximum absolute atomic E-state index is 13.0. The zero-order valence-corrected chi connectivity index (χ0v) is 60.9. The van der Waals surface area contributed by atoms with Gasteiger partial charge in [-0.1, -0.05) is 318 Å². The number of phosphoric acid groups is 2. The summed E-state index contributed by atoms with van der Waals surface area (Å²) in [4.78, 5) is 72.6. The van der Waals surface area contributed by atoms with Crippen LogP contribution in [-0.2, 0) is 65.4 Å². The fourth-order valence-electron chi connectivity index (χ4n) is 10.9. The Labute approximate surface area is 556 Å². The first-order valence-electron chi connectivity index (χ1n) is 37.5. The summed E-state index contributed by atoms with van der Waals surface area (Å²) in [6.45, 7) is 9.49. The van der Waals surface area contributed by atoms with E-state index in [9.17, 15) is 43.2 Å². The van der Waals surface area contributed by atoms with Crippen molar-refractivity contribution in [3.63, 3.8) is 0 Å². The van der Waals surface area contributed by atoms with Gasteiger partial charge in [-0.2, -0.15) is 0 Å². The monoisotopic (exact) mass is 1340 g/mol. The SMILES string of the molecule is CCCCCCCCCCCCCCCCCCC(=O)O[C@H](COC(=O)CCCCCCCCCCCCCC(C)C)COP(=O)(O)OC[C@@H](O)COP(=O)(O)OC[C@@H](COC(=O)CCCCCCCCC(C)C)OC(=O)CCCCCCCCCCCCCC. The first kappa shape index (κ1) is 89.1. The number of ether oxygens (including phenoxy) is 4. The molecule has 0 aliphatic rings.